The Hall–Kier alpha value is 3.31. The van der Waals surface area contributed by atoms with Gasteiger partial charge in [-0.15, -0.1) is 0 Å². The number of rotatable bonds is 12. The Labute approximate surface area is 273 Å². The second kappa shape index (κ2) is 16.7. The van der Waals surface area contributed by atoms with Gasteiger partial charge < -0.3 is 113 Å². The quantitative estimate of drug-likeness (QED) is 0.164. The number of phosphoric acid groups is 6. The third-order valence-electron chi connectivity index (χ3n) is 3.45. The zero-order chi connectivity index (χ0) is 28.7. The van der Waals surface area contributed by atoms with Gasteiger partial charge in [-0.05, 0) is 0 Å². The molecule has 0 aromatic rings. The Kier molecular flexibility index (Phi) is 20.1. The minimum Gasteiger partial charge on any atom is -0.790 e. The van der Waals surface area contributed by atoms with Gasteiger partial charge in [-0.3, -0.25) is 0 Å². The average molecular weight is 922 g/mol. The van der Waals surface area contributed by atoms with Crippen LogP contribution in [0, 0.1) is 0 Å². The summed E-state index contributed by atoms with van der Waals surface area (Å²) in [4.78, 5) is 133. The first kappa shape index (κ1) is 46.7. The maximum Gasteiger partial charge on any atom is 4.00 e. The van der Waals surface area contributed by atoms with Crippen LogP contribution in [-0.4, -0.2) is 36.6 Å². The smallest absolute Gasteiger partial charge is 0.790 e. The summed E-state index contributed by atoms with van der Waals surface area (Å²) in [7, 11) is -40.1. The maximum absolute atomic E-state index is 11.1. The Morgan fingerprint density at radius 1 is 0.282 bits per heavy atom. The standard InChI is InChI=1S/C6H18O24P6.3Zr/c7-31(8,9)25-1-2(26-32(10,11)12)4(28-34(16,17)18)6(30-36(22,23)24)5(29-35(19,20)21)3(1)27-33(13,14)15;;;/h1-6H,(H2,7,8,9)(H2,10,11,12)(H2,13,14,15)(H2,16,17,18)(H2,19,20,21)(H2,22,23,24);;;/q;3*+4/p-12/t1-,2-,3-,4+,5-,6-;;;. The van der Waals surface area contributed by atoms with Crippen molar-refractivity contribution in [3.05, 3.63) is 0 Å². The van der Waals surface area contributed by atoms with E-state index in [0.29, 0.717) is 0 Å². The SMILES string of the molecule is O=P([O-])([O-])O[C@H]1[C@H](OP(=O)([O-])[O-])[C@@H](OP(=O)([O-])[O-])[C@H](OP(=O)([O-])[O-])[C@@H](OP(=O)([O-])[O-])[C@H]1OP(=O)([O-])[O-].[Zr+4].[Zr+4].[Zr+4]. The first-order valence-electron chi connectivity index (χ1n) is 7.80. The van der Waals surface area contributed by atoms with E-state index in [-0.39, 0.29) is 78.6 Å². The first-order valence-corrected chi connectivity index (χ1v) is 16.6. The van der Waals surface area contributed by atoms with Crippen molar-refractivity contribution in [2.24, 2.45) is 0 Å². The molecule has 0 aliphatic heterocycles. The summed E-state index contributed by atoms with van der Waals surface area (Å²) in [6, 6.07) is 0. The van der Waals surface area contributed by atoms with Crippen molar-refractivity contribution >= 4 is 46.9 Å². The molecule has 0 aromatic heterocycles. The van der Waals surface area contributed by atoms with Crippen LogP contribution >= 0.6 is 46.9 Å². The Morgan fingerprint density at radius 2 is 0.359 bits per heavy atom. The number of phosphoric ester groups is 6. The Bertz CT molecular complexity index is 833. The van der Waals surface area contributed by atoms with Crippen LogP contribution in [-0.2, 0) is 133 Å². The van der Waals surface area contributed by atoms with Crippen molar-refractivity contribution in [3.63, 3.8) is 0 Å². The maximum atomic E-state index is 11.1. The molecule has 0 bridgehead atoms. The fourth-order valence-corrected chi connectivity index (χ4v) is 5.96. The van der Waals surface area contributed by atoms with Crippen molar-refractivity contribution in [2.45, 2.75) is 36.6 Å². The summed E-state index contributed by atoms with van der Waals surface area (Å²) < 4.78 is 88.3. The molecule has 33 heteroatoms. The molecule has 0 heterocycles. The largest absolute Gasteiger partial charge is 4.00 e. The monoisotopic (exact) mass is 917 g/mol. The number of hydrogen-bond donors (Lipinski definition) is 0. The van der Waals surface area contributed by atoms with Crippen LogP contribution in [0.15, 0.2) is 0 Å². The van der Waals surface area contributed by atoms with E-state index in [1.165, 1.54) is 0 Å². The molecule has 0 aromatic carbocycles. The van der Waals surface area contributed by atoms with Crippen LogP contribution in [0.5, 0.6) is 0 Å². The van der Waals surface area contributed by atoms with Crippen LogP contribution < -0.4 is 58.7 Å². The predicted molar refractivity (Wildman–Crippen MR) is 74.9 cm³/mol. The molecule has 0 unspecified atom stereocenters. The van der Waals surface area contributed by atoms with E-state index in [2.05, 4.69) is 27.1 Å². The summed E-state index contributed by atoms with van der Waals surface area (Å²) in [6.45, 7) is 0. The van der Waals surface area contributed by atoms with E-state index in [4.69, 9.17) is 0 Å². The van der Waals surface area contributed by atoms with E-state index >= 15 is 0 Å². The molecule has 24 nitrogen and oxygen atoms in total. The summed E-state index contributed by atoms with van der Waals surface area (Å²) in [5.41, 5.74) is 0. The minimum absolute atomic E-state index is 0. The molecule has 0 amide bonds. The van der Waals surface area contributed by atoms with E-state index in [0.717, 1.165) is 0 Å². The van der Waals surface area contributed by atoms with Gasteiger partial charge in [0, 0.05) is 0 Å². The van der Waals surface area contributed by atoms with Crippen molar-refractivity contribution in [2.75, 3.05) is 0 Å². The molecule has 0 spiro atoms. The zero-order valence-electron chi connectivity index (χ0n) is 17.4. The molecule has 1 aliphatic rings. The van der Waals surface area contributed by atoms with Crippen LogP contribution in [0.4, 0.5) is 0 Å². The molecule has 39 heavy (non-hydrogen) atoms. The van der Waals surface area contributed by atoms with Gasteiger partial charge in [-0.25, -0.2) is 0 Å². The topological polar surface area (TPSA) is 435 Å². The van der Waals surface area contributed by atoms with Crippen molar-refractivity contribution in [3.8, 4) is 0 Å². The van der Waals surface area contributed by atoms with Crippen LogP contribution in [0.2, 0.25) is 0 Å². The fourth-order valence-electron chi connectivity index (χ4n) is 2.74. The van der Waals surface area contributed by atoms with E-state index < -0.39 is 83.6 Å². The van der Waals surface area contributed by atoms with Crippen molar-refractivity contribution in [1.82, 2.24) is 0 Å². The third kappa shape index (κ3) is 19.4. The summed E-state index contributed by atoms with van der Waals surface area (Å²) in [5, 5.41) is 0. The molecule has 1 rings (SSSR count). The molecule has 0 saturated heterocycles. The predicted octanol–water partition coefficient (Wildman–Crippen LogP) is -10.7. The normalized spacial score (nSPS) is 27.1. The molecule has 0 atom stereocenters. The molecule has 0 radical (unpaired) electrons. The van der Waals surface area contributed by atoms with Gasteiger partial charge in [0.05, 0.1) is 46.9 Å². The average Bonchev–Trinajstić information content (AvgIpc) is 2.51. The van der Waals surface area contributed by atoms with Crippen LogP contribution in [0.1, 0.15) is 0 Å². The number of hydrogen-bond acceptors (Lipinski definition) is 24. The Balaban J connectivity index is -0.00000432. The molecular formula is C6H6O24P6Zr3. The van der Waals surface area contributed by atoms with Crippen LogP contribution in [0.25, 0.3) is 0 Å². The van der Waals surface area contributed by atoms with Gasteiger partial charge in [0.1, 0.15) is 36.6 Å². The van der Waals surface area contributed by atoms with Gasteiger partial charge in [0.15, 0.2) is 0 Å². The Morgan fingerprint density at radius 3 is 0.410 bits per heavy atom. The van der Waals surface area contributed by atoms with E-state index in [1.807, 2.05) is 0 Å². The van der Waals surface area contributed by atoms with Gasteiger partial charge in [-0.2, -0.15) is 0 Å². The second-order valence-corrected chi connectivity index (χ2v) is 12.7. The third-order valence-corrected chi connectivity index (χ3v) is 6.46. The first-order chi connectivity index (χ1) is 15.6. The molecule has 1 saturated carbocycles. The minimum atomic E-state index is -6.68. The van der Waals surface area contributed by atoms with Gasteiger partial charge >= 0.3 is 78.6 Å². The molecular weight excluding hydrogens is 916 g/mol. The fraction of sp³-hybridized carbons (Fsp3) is 1.00. The molecule has 216 valence electrons. The zero-order valence-corrected chi connectivity index (χ0v) is 30.2. The second-order valence-electron chi connectivity index (χ2n) is 6.10. The van der Waals surface area contributed by atoms with Gasteiger partial charge in [0.2, 0.25) is 0 Å². The van der Waals surface area contributed by atoms with E-state index in [9.17, 15) is 86.1 Å². The molecule has 0 N–H and O–H groups in total. The van der Waals surface area contributed by atoms with Crippen LogP contribution in [0.3, 0.4) is 0 Å². The van der Waals surface area contributed by atoms with Gasteiger partial charge in [-0.1, -0.05) is 0 Å². The summed E-state index contributed by atoms with van der Waals surface area (Å²) in [5.74, 6) is 0. The molecule has 1 fully saturated rings. The van der Waals surface area contributed by atoms with Gasteiger partial charge in [0.25, 0.3) is 0 Å². The molecule has 1 aliphatic carbocycles. The van der Waals surface area contributed by atoms with Crippen molar-refractivity contribution < 1.29 is 192 Å². The summed E-state index contributed by atoms with van der Waals surface area (Å²) >= 11 is 0. The summed E-state index contributed by atoms with van der Waals surface area (Å²) in [6.07, 6.45) is -21.5. The van der Waals surface area contributed by atoms with Crippen molar-refractivity contribution in [1.29, 1.82) is 0 Å². The van der Waals surface area contributed by atoms with E-state index in [1.54, 1.807) is 0 Å².